The minimum atomic E-state index is 0.551. The van der Waals surface area contributed by atoms with E-state index in [9.17, 15) is 0 Å². The second-order valence-corrected chi connectivity index (χ2v) is 6.05. The predicted octanol–water partition coefficient (Wildman–Crippen LogP) is 4.54. The lowest BCUT2D eigenvalue weighted by atomic mass is 10.1. The molecule has 0 saturated heterocycles. The SMILES string of the molecule is Cc1nc2cc(-c3noc(Cc4ccccc4Br)n3)ccc2o1. The molecule has 0 unspecified atom stereocenters. The van der Waals surface area contributed by atoms with Gasteiger partial charge in [0.2, 0.25) is 11.7 Å². The Morgan fingerprint density at radius 1 is 1.09 bits per heavy atom. The van der Waals surface area contributed by atoms with Crippen LogP contribution in [-0.2, 0) is 6.42 Å². The fourth-order valence-corrected chi connectivity index (χ4v) is 2.86. The van der Waals surface area contributed by atoms with Crippen LogP contribution in [0.3, 0.4) is 0 Å². The zero-order valence-corrected chi connectivity index (χ0v) is 13.9. The Kier molecular flexibility index (Phi) is 3.46. The fourth-order valence-electron chi connectivity index (χ4n) is 2.43. The molecule has 4 rings (SSSR count). The first-order chi connectivity index (χ1) is 11.2. The number of oxazole rings is 1. The molecular weight excluding hydrogens is 358 g/mol. The van der Waals surface area contributed by atoms with Gasteiger partial charge in [-0.1, -0.05) is 39.3 Å². The van der Waals surface area contributed by atoms with Gasteiger partial charge in [-0.05, 0) is 29.8 Å². The van der Waals surface area contributed by atoms with Gasteiger partial charge >= 0.3 is 0 Å². The van der Waals surface area contributed by atoms with Crippen LogP contribution in [-0.4, -0.2) is 15.1 Å². The van der Waals surface area contributed by atoms with Gasteiger partial charge in [-0.25, -0.2) is 4.98 Å². The van der Waals surface area contributed by atoms with Crippen LogP contribution in [0.15, 0.2) is 55.9 Å². The molecule has 6 heteroatoms. The van der Waals surface area contributed by atoms with Crippen molar-refractivity contribution >= 4 is 27.0 Å². The van der Waals surface area contributed by atoms with Crippen LogP contribution in [0.5, 0.6) is 0 Å². The van der Waals surface area contributed by atoms with Crippen molar-refractivity contribution in [2.45, 2.75) is 13.3 Å². The van der Waals surface area contributed by atoms with Crippen molar-refractivity contribution in [3.63, 3.8) is 0 Å². The van der Waals surface area contributed by atoms with Gasteiger partial charge in [0, 0.05) is 17.0 Å². The van der Waals surface area contributed by atoms with Crippen molar-refractivity contribution < 1.29 is 8.94 Å². The molecule has 114 valence electrons. The first kappa shape index (κ1) is 14.1. The Balaban J connectivity index is 1.65. The first-order valence-corrected chi connectivity index (χ1v) is 7.92. The molecule has 2 aromatic carbocycles. The van der Waals surface area contributed by atoms with Crippen LogP contribution in [0.1, 0.15) is 17.3 Å². The van der Waals surface area contributed by atoms with E-state index in [0.29, 0.717) is 24.0 Å². The van der Waals surface area contributed by atoms with Crippen LogP contribution in [0.4, 0.5) is 0 Å². The Morgan fingerprint density at radius 2 is 1.96 bits per heavy atom. The Bertz CT molecular complexity index is 990. The Hall–Kier alpha value is -2.47. The average molecular weight is 370 g/mol. The molecule has 0 radical (unpaired) electrons. The van der Waals surface area contributed by atoms with E-state index in [4.69, 9.17) is 8.94 Å². The second-order valence-electron chi connectivity index (χ2n) is 5.20. The van der Waals surface area contributed by atoms with E-state index in [0.717, 1.165) is 26.7 Å². The number of aryl methyl sites for hydroxylation is 1. The molecule has 0 saturated carbocycles. The monoisotopic (exact) mass is 369 g/mol. The van der Waals surface area contributed by atoms with Crippen molar-refractivity contribution in [3.05, 3.63) is 64.3 Å². The third kappa shape index (κ3) is 2.77. The van der Waals surface area contributed by atoms with Crippen LogP contribution in [0.2, 0.25) is 0 Å². The summed E-state index contributed by atoms with van der Waals surface area (Å²) < 4.78 is 11.9. The minimum Gasteiger partial charge on any atom is -0.441 e. The molecule has 5 nitrogen and oxygen atoms in total. The van der Waals surface area contributed by atoms with Gasteiger partial charge < -0.3 is 8.94 Å². The van der Waals surface area contributed by atoms with Crippen molar-refractivity contribution in [1.82, 2.24) is 15.1 Å². The van der Waals surface area contributed by atoms with E-state index < -0.39 is 0 Å². The number of halogens is 1. The highest BCUT2D eigenvalue weighted by molar-refractivity contribution is 9.10. The molecule has 0 fully saturated rings. The summed E-state index contributed by atoms with van der Waals surface area (Å²) in [5.41, 5.74) is 3.50. The van der Waals surface area contributed by atoms with Crippen molar-refractivity contribution in [2.24, 2.45) is 0 Å². The zero-order chi connectivity index (χ0) is 15.8. The molecule has 0 spiro atoms. The summed E-state index contributed by atoms with van der Waals surface area (Å²) >= 11 is 3.53. The van der Waals surface area contributed by atoms with E-state index >= 15 is 0 Å². The highest BCUT2D eigenvalue weighted by atomic mass is 79.9. The molecule has 2 aromatic heterocycles. The van der Waals surface area contributed by atoms with Crippen molar-refractivity contribution in [3.8, 4) is 11.4 Å². The molecule has 2 heterocycles. The van der Waals surface area contributed by atoms with Crippen molar-refractivity contribution in [2.75, 3.05) is 0 Å². The zero-order valence-electron chi connectivity index (χ0n) is 12.3. The summed E-state index contributed by atoms with van der Waals surface area (Å²) in [7, 11) is 0. The summed E-state index contributed by atoms with van der Waals surface area (Å²) in [6, 6.07) is 13.7. The summed E-state index contributed by atoms with van der Waals surface area (Å²) in [5.74, 6) is 1.76. The van der Waals surface area contributed by atoms with E-state index in [1.165, 1.54) is 0 Å². The maximum atomic E-state index is 5.48. The molecule has 0 amide bonds. The first-order valence-electron chi connectivity index (χ1n) is 7.12. The predicted molar refractivity (Wildman–Crippen MR) is 89.0 cm³/mol. The topological polar surface area (TPSA) is 65.0 Å². The molecule has 4 aromatic rings. The lowest BCUT2D eigenvalue weighted by Crippen LogP contribution is -1.89. The molecule has 0 aliphatic rings. The average Bonchev–Trinajstić information content (AvgIpc) is 3.14. The van der Waals surface area contributed by atoms with E-state index in [1.54, 1.807) is 0 Å². The highest BCUT2D eigenvalue weighted by Gasteiger charge is 2.12. The van der Waals surface area contributed by atoms with Crippen LogP contribution >= 0.6 is 15.9 Å². The van der Waals surface area contributed by atoms with E-state index in [2.05, 4.69) is 31.1 Å². The number of fused-ring (bicyclic) bond motifs is 1. The molecule has 0 N–H and O–H groups in total. The van der Waals surface area contributed by atoms with Gasteiger partial charge in [-0.2, -0.15) is 4.98 Å². The number of hydrogen-bond acceptors (Lipinski definition) is 5. The number of nitrogens with zero attached hydrogens (tertiary/aromatic N) is 3. The summed E-state index contributed by atoms with van der Waals surface area (Å²) in [6.45, 7) is 1.82. The van der Waals surface area contributed by atoms with E-state index in [1.807, 2.05) is 49.4 Å². The van der Waals surface area contributed by atoms with Gasteiger partial charge in [0.15, 0.2) is 11.5 Å². The standard InChI is InChI=1S/C17H12BrN3O2/c1-10-19-14-8-12(6-7-15(14)22-10)17-20-16(23-21-17)9-11-4-2-3-5-13(11)18/h2-8H,9H2,1H3. The normalized spacial score (nSPS) is 11.2. The summed E-state index contributed by atoms with van der Waals surface area (Å²) in [4.78, 5) is 8.80. The Labute approximate surface area is 140 Å². The molecule has 0 aliphatic heterocycles. The second kappa shape index (κ2) is 5.62. The largest absolute Gasteiger partial charge is 0.441 e. The maximum absolute atomic E-state index is 5.48. The fraction of sp³-hybridized carbons (Fsp3) is 0.118. The Morgan fingerprint density at radius 3 is 2.83 bits per heavy atom. The van der Waals surface area contributed by atoms with Gasteiger partial charge in [-0.3, -0.25) is 0 Å². The number of aromatic nitrogens is 3. The van der Waals surface area contributed by atoms with Crippen molar-refractivity contribution in [1.29, 1.82) is 0 Å². The molecular formula is C17H12BrN3O2. The third-order valence-corrected chi connectivity index (χ3v) is 4.29. The lowest BCUT2D eigenvalue weighted by molar-refractivity contribution is 0.385. The number of benzene rings is 2. The third-order valence-electron chi connectivity index (χ3n) is 3.52. The molecule has 0 atom stereocenters. The maximum Gasteiger partial charge on any atom is 0.231 e. The van der Waals surface area contributed by atoms with Gasteiger partial charge in [-0.15, -0.1) is 0 Å². The number of hydrogen-bond donors (Lipinski definition) is 0. The van der Waals surface area contributed by atoms with E-state index in [-0.39, 0.29) is 0 Å². The number of rotatable bonds is 3. The van der Waals surface area contributed by atoms with Gasteiger partial charge in [0.05, 0.1) is 6.42 Å². The smallest absolute Gasteiger partial charge is 0.231 e. The summed E-state index contributed by atoms with van der Waals surface area (Å²) in [5, 5.41) is 4.07. The van der Waals surface area contributed by atoms with Gasteiger partial charge in [0.1, 0.15) is 5.52 Å². The molecule has 0 bridgehead atoms. The van der Waals surface area contributed by atoms with Crippen LogP contribution < -0.4 is 0 Å². The summed E-state index contributed by atoms with van der Waals surface area (Å²) in [6.07, 6.45) is 0.583. The lowest BCUT2D eigenvalue weighted by Gasteiger charge is -1.99. The molecule has 0 aliphatic carbocycles. The van der Waals surface area contributed by atoms with Crippen LogP contribution in [0.25, 0.3) is 22.5 Å². The minimum absolute atomic E-state index is 0.551. The highest BCUT2D eigenvalue weighted by Crippen LogP contribution is 2.24. The molecule has 23 heavy (non-hydrogen) atoms. The van der Waals surface area contributed by atoms with Gasteiger partial charge in [0.25, 0.3) is 0 Å². The van der Waals surface area contributed by atoms with Crippen LogP contribution in [0, 0.1) is 6.92 Å². The quantitative estimate of drug-likeness (QED) is 0.530.